The summed E-state index contributed by atoms with van der Waals surface area (Å²) in [5, 5.41) is 9.13. The number of fused-ring (bicyclic) bond motifs is 1. The first-order valence-electron chi connectivity index (χ1n) is 8.95. The van der Waals surface area contributed by atoms with Crippen molar-refractivity contribution in [1.82, 2.24) is 19.7 Å². The zero-order valence-corrected chi connectivity index (χ0v) is 14.5. The molecule has 0 atom stereocenters. The molecule has 3 heterocycles. The fourth-order valence-electron chi connectivity index (χ4n) is 3.59. The van der Waals surface area contributed by atoms with E-state index >= 15 is 0 Å². The summed E-state index contributed by atoms with van der Waals surface area (Å²) in [5.74, 6) is 1.58. The second-order valence-corrected chi connectivity index (χ2v) is 6.92. The molecule has 1 aliphatic rings. The largest absolute Gasteiger partial charge is 0.370 e. The number of nitrogens with one attached hydrogen (secondary N) is 1. The predicted molar refractivity (Wildman–Crippen MR) is 100 cm³/mol. The van der Waals surface area contributed by atoms with Gasteiger partial charge < -0.3 is 11.1 Å². The minimum absolute atomic E-state index is 0.392. The molecular formula is C19H24N6. The van der Waals surface area contributed by atoms with Gasteiger partial charge in [-0.3, -0.25) is 0 Å². The summed E-state index contributed by atoms with van der Waals surface area (Å²) >= 11 is 0. The number of anilines is 1. The van der Waals surface area contributed by atoms with Crippen LogP contribution in [0.2, 0.25) is 0 Å². The lowest BCUT2D eigenvalue weighted by atomic mass is 9.86. The highest BCUT2D eigenvalue weighted by atomic mass is 15.3. The van der Waals surface area contributed by atoms with Crippen LogP contribution in [-0.4, -0.2) is 32.3 Å². The normalized spacial score (nSPS) is 20.7. The van der Waals surface area contributed by atoms with E-state index in [0.717, 1.165) is 47.6 Å². The van der Waals surface area contributed by atoms with E-state index in [9.17, 15) is 0 Å². The molecule has 6 heteroatoms. The van der Waals surface area contributed by atoms with Crippen LogP contribution in [0.1, 0.15) is 25.7 Å². The highest BCUT2D eigenvalue weighted by Crippen LogP contribution is 2.26. The number of hydrogen-bond acceptors (Lipinski definition) is 5. The molecule has 3 aromatic rings. The van der Waals surface area contributed by atoms with Crippen LogP contribution in [0.25, 0.3) is 22.4 Å². The molecule has 4 rings (SSSR count). The Morgan fingerprint density at radius 1 is 1.16 bits per heavy atom. The van der Waals surface area contributed by atoms with E-state index in [4.69, 9.17) is 10.7 Å². The van der Waals surface area contributed by atoms with Crippen LogP contribution < -0.4 is 11.1 Å². The van der Waals surface area contributed by atoms with Crippen LogP contribution in [0.4, 0.5) is 5.82 Å². The van der Waals surface area contributed by atoms with Gasteiger partial charge in [-0.25, -0.2) is 14.6 Å². The molecule has 0 aromatic carbocycles. The van der Waals surface area contributed by atoms with E-state index in [2.05, 4.69) is 15.4 Å². The molecule has 1 saturated carbocycles. The topological polar surface area (TPSA) is 81.7 Å². The molecule has 0 spiro atoms. The highest BCUT2D eigenvalue weighted by Gasteiger charge is 2.18. The predicted octanol–water partition coefficient (Wildman–Crippen LogP) is 2.96. The summed E-state index contributed by atoms with van der Waals surface area (Å²) in [7, 11) is 1.91. The van der Waals surface area contributed by atoms with Crippen molar-refractivity contribution in [2.24, 2.45) is 18.7 Å². The Balaban J connectivity index is 1.53. The molecule has 6 nitrogen and oxygen atoms in total. The van der Waals surface area contributed by atoms with Crippen LogP contribution in [0, 0.1) is 5.92 Å². The Morgan fingerprint density at radius 2 is 2.00 bits per heavy atom. The lowest BCUT2D eigenvalue weighted by Crippen LogP contribution is -2.29. The fraction of sp³-hybridized carbons (Fsp3) is 0.421. The standard InChI is InChI=1S/C19H24N6/c1-25-19-15(4-3-11-21-19)18(24-25)16-5-2-6-17(23-16)22-12-13-7-9-14(20)10-8-13/h2-6,11,13-14H,7-10,12,20H2,1H3,(H,22,23). The Morgan fingerprint density at radius 3 is 2.84 bits per heavy atom. The van der Waals surface area contributed by atoms with E-state index in [-0.39, 0.29) is 0 Å². The second kappa shape index (κ2) is 6.80. The molecule has 0 unspecified atom stereocenters. The van der Waals surface area contributed by atoms with Crippen molar-refractivity contribution in [1.29, 1.82) is 0 Å². The summed E-state index contributed by atoms with van der Waals surface area (Å²) in [6.45, 7) is 0.952. The van der Waals surface area contributed by atoms with E-state index < -0.39 is 0 Å². The molecule has 0 saturated heterocycles. The quantitative estimate of drug-likeness (QED) is 0.765. The summed E-state index contributed by atoms with van der Waals surface area (Å²) in [6.07, 6.45) is 6.45. The lowest BCUT2D eigenvalue weighted by molar-refractivity contribution is 0.338. The number of pyridine rings is 2. The maximum absolute atomic E-state index is 5.99. The van der Waals surface area contributed by atoms with Gasteiger partial charge in [-0.1, -0.05) is 6.07 Å². The molecule has 0 bridgehead atoms. The van der Waals surface area contributed by atoms with Crippen molar-refractivity contribution in [2.75, 3.05) is 11.9 Å². The van der Waals surface area contributed by atoms with Crippen molar-refractivity contribution < 1.29 is 0 Å². The monoisotopic (exact) mass is 336 g/mol. The molecule has 0 radical (unpaired) electrons. The summed E-state index contributed by atoms with van der Waals surface area (Å²) in [4.78, 5) is 9.17. The van der Waals surface area contributed by atoms with Crippen LogP contribution in [0.15, 0.2) is 36.5 Å². The maximum atomic E-state index is 5.99. The summed E-state index contributed by atoms with van der Waals surface area (Å²) in [6, 6.07) is 10.4. The fourth-order valence-corrected chi connectivity index (χ4v) is 3.59. The van der Waals surface area contributed by atoms with Gasteiger partial charge in [0.05, 0.1) is 5.69 Å². The third-order valence-corrected chi connectivity index (χ3v) is 5.05. The smallest absolute Gasteiger partial charge is 0.158 e. The third-order valence-electron chi connectivity index (χ3n) is 5.05. The van der Waals surface area contributed by atoms with E-state index in [1.165, 1.54) is 12.8 Å². The van der Waals surface area contributed by atoms with Gasteiger partial charge in [0, 0.05) is 31.2 Å². The molecule has 1 fully saturated rings. The maximum Gasteiger partial charge on any atom is 0.158 e. The van der Waals surface area contributed by atoms with Gasteiger partial charge in [0.2, 0.25) is 0 Å². The summed E-state index contributed by atoms with van der Waals surface area (Å²) < 4.78 is 1.80. The van der Waals surface area contributed by atoms with Gasteiger partial charge in [-0.15, -0.1) is 0 Å². The molecule has 0 aliphatic heterocycles. The average molecular weight is 336 g/mol. The zero-order valence-electron chi connectivity index (χ0n) is 14.5. The van der Waals surface area contributed by atoms with Crippen LogP contribution in [0.5, 0.6) is 0 Å². The van der Waals surface area contributed by atoms with Crippen molar-refractivity contribution in [2.45, 2.75) is 31.7 Å². The van der Waals surface area contributed by atoms with Gasteiger partial charge in [-0.05, 0) is 55.9 Å². The van der Waals surface area contributed by atoms with Crippen molar-refractivity contribution in [3.8, 4) is 11.4 Å². The van der Waals surface area contributed by atoms with Gasteiger partial charge in [-0.2, -0.15) is 5.10 Å². The van der Waals surface area contributed by atoms with Gasteiger partial charge in [0.25, 0.3) is 0 Å². The Kier molecular flexibility index (Phi) is 4.36. The Bertz CT molecular complexity index is 863. The first-order chi connectivity index (χ1) is 12.2. The number of hydrogen-bond donors (Lipinski definition) is 2. The van der Waals surface area contributed by atoms with E-state index in [1.807, 2.05) is 37.4 Å². The lowest BCUT2D eigenvalue weighted by Gasteiger charge is -2.26. The van der Waals surface area contributed by atoms with Crippen molar-refractivity contribution in [3.63, 3.8) is 0 Å². The number of nitrogens with zero attached hydrogens (tertiary/aromatic N) is 4. The van der Waals surface area contributed by atoms with Crippen LogP contribution >= 0.6 is 0 Å². The third kappa shape index (κ3) is 3.35. The average Bonchev–Trinajstić information content (AvgIpc) is 2.99. The van der Waals surface area contributed by atoms with Gasteiger partial charge in [0.15, 0.2) is 5.65 Å². The minimum Gasteiger partial charge on any atom is -0.370 e. The number of rotatable bonds is 4. The SMILES string of the molecule is Cn1nc(-c2cccc(NCC3CCC(N)CC3)n2)c2cccnc21. The van der Waals surface area contributed by atoms with Crippen LogP contribution in [-0.2, 0) is 7.05 Å². The van der Waals surface area contributed by atoms with Crippen molar-refractivity contribution >= 4 is 16.9 Å². The first-order valence-corrected chi connectivity index (χ1v) is 8.95. The number of aromatic nitrogens is 4. The van der Waals surface area contributed by atoms with E-state index in [0.29, 0.717) is 12.0 Å². The number of aryl methyl sites for hydroxylation is 1. The minimum atomic E-state index is 0.392. The molecule has 0 amide bonds. The van der Waals surface area contributed by atoms with Crippen molar-refractivity contribution in [3.05, 3.63) is 36.5 Å². The highest BCUT2D eigenvalue weighted by molar-refractivity contribution is 5.90. The van der Waals surface area contributed by atoms with Gasteiger partial charge in [0.1, 0.15) is 11.5 Å². The Hall–Kier alpha value is -2.47. The molecule has 1 aliphatic carbocycles. The van der Waals surface area contributed by atoms with E-state index in [1.54, 1.807) is 10.9 Å². The molecular weight excluding hydrogens is 312 g/mol. The molecule has 130 valence electrons. The number of nitrogens with two attached hydrogens (primary N) is 1. The second-order valence-electron chi connectivity index (χ2n) is 6.92. The molecule has 3 aromatic heterocycles. The van der Waals surface area contributed by atoms with Gasteiger partial charge >= 0.3 is 0 Å². The molecule has 25 heavy (non-hydrogen) atoms. The zero-order chi connectivity index (χ0) is 17.2. The molecule has 3 N–H and O–H groups in total. The first kappa shape index (κ1) is 16.0. The Labute approximate surface area is 147 Å². The van der Waals surface area contributed by atoms with Crippen LogP contribution in [0.3, 0.4) is 0 Å². The summed E-state index contributed by atoms with van der Waals surface area (Å²) in [5.41, 5.74) is 8.60.